The maximum Gasteiger partial charge on any atom is 0.191 e. The highest BCUT2D eigenvalue weighted by atomic mass is 16.5. The summed E-state index contributed by atoms with van der Waals surface area (Å²) in [6.07, 6.45) is 4.55. The van der Waals surface area contributed by atoms with Crippen LogP contribution < -0.4 is 10.6 Å². The van der Waals surface area contributed by atoms with Crippen molar-refractivity contribution in [1.29, 1.82) is 0 Å². The summed E-state index contributed by atoms with van der Waals surface area (Å²) in [5, 5.41) is 6.68. The van der Waals surface area contributed by atoms with Crippen LogP contribution >= 0.6 is 0 Å². The van der Waals surface area contributed by atoms with Gasteiger partial charge in [0, 0.05) is 46.6 Å². The first-order valence-electron chi connectivity index (χ1n) is 10.7. The smallest absolute Gasteiger partial charge is 0.191 e. The van der Waals surface area contributed by atoms with E-state index >= 15 is 0 Å². The predicted octanol–water partition coefficient (Wildman–Crippen LogP) is 2.24. The minimum atomic E-state index is 0.275. The van der Waals surface area contributed by atoms with Gasteiger partial charge in [0.15, 0.2) is 5.96 Å². The van der Waals surface area contributed by atoms with E-state index in [1.54, 1.807) is 7.05 Å². The molecule has 2 aliphatic rings. The first-order chi connectivity index (χ1) is 14.3. The molecular weight excluding hydrogens is 370 g/mol. The molecule has 0 spiro atoms. The number of nitrogens with zero attached hydrogens (tertiary/aromatic N) is 1. The number of ether oxygens (including phenoxy) is 4. The Morgan fingerprint density at radius 1 is 0.966 bits per heavy atom. The topological polar surface area (TPSA) is 73.3 Å². The molecule has 0 saturated carbocycles. The van der Waals surface area contributed by atoms with E-state index in [4.69, 9.17) is 18.9 Å². The summed E-state index contributed by atoms with van der Waals surface area (Å²) >= 11 is 0. The van der Waals surface area contributed by atoms with Crippen LogP contribution in [0.5, 0.6) is 0 Å². The van der Waals surface area contributed by atoms with E-state index < -0.39 is 0 Å². The van der Waals surface area contributed by atoms with Gasteiger partial charge in [0.25, 0.3) is 0 Å². The third-order valence-electron chi connectivity index (χ3n) is 5.22. The lowest BCUT2D eigenvalue weighted by Crippen LogP contribution is -2.37. The molecule has 7 nitrogen and oxygen atoms in total. The number of aliphatic imine (C=N–C) groups is 1. The molecule has 2 N–H and O–H groups in total. The van der Waals surface area contributed by atoms with Gasteiger partial charge in [-0.1, -0.05) is 24.3 Å². The molecule has 3 rings (SSSR count). The van der Waals surface area contributed by atoms with E-state index in [-0.39, 0.29) is 6.10 Å². The predicted molar refractivity (Wildman–Crippen MR) is 113 cm³/mol. The SMILES string of the molecule is CN=C(NCCCOC1CCOC1)NCc1ccc(COC2CCOCC2)cc1. The second-order valence-electron chi connectivity index (χ2n) is 7.50. The molecular formula is C22H35N3O4. The van der Waals surface area contributed by atoms with Crippen LogP contribution in [0.1, 0.15) is 36.8 Å². The zero-order valence-electron chi connectivity index (χ0n) is 17.5. The number of guanidine groups is 1. The van der Waals surface area contributed by atoms with Crippen LogP contribution in [0.2, 0.25) is 0 Å². The van der Waals surface area contributed by atoms with E-state index in [2.05, 4.69) is 39.9 Å². The Kier molecular flexibility index (Phi) is 9.72. The van der Waals surface area contributed by atoms with Crippen LogP contribution in [0, 0.1) is 0 Å². The molecule has 7 heteroatoms. The maximum absolute atomic E-state index is 5.98. The van der Waals surface area contributed by atoms with Crippen molar-refractivity contribution in [3.63, 3.8) is 0 Å². The molecule has 162 valence electrons. The van der Waals surface area contributed by atoms with Gasteiger partial charge < -0.3 is 29.6 Å². The van der Waals surface area contributed by atoms with E-state index in [1.807, 2.05) is 0 Å². The summed E-state index contributed by atoms with van der Waals surface area (Å²) in [5.41, 5.74) is 2.42. The minimum absolute atomic E-state index is 0.275. The van der Waals surface area contributed by atoms with Crippen molar-refractivity contribution in [2.75, 3.05) is 46.6 Å². The van der Waals surface area contributed by atoms with Gasteiger partial charge in [-0.05, 0) is 36.8 Å². The molecule has 2 saturated heterocycles. The molecule has 0 amide bonds. The zero-order valence-corrected chi connectivity index (χ0v) is 17.5. The molecule has 2 fully saturated rings. The van der Waals surface area contributed by atoms with E-state index in [1.165, 1.54) is 11.1 Å². The van der Waals surface area contributed by atoms with Crippen molar-refractivity contribution in [1.82, 2.24) is 10.6 Å². The van der Waals surface area contributed by atoms with Gasteiger partial charge in [-0.3, -0.25) is 4.99 Å². The van der Waals surface area contributed by atoms with Crippen molar-refractivity contribution >= 4 is 5.96 Å². The summed E-state index contributed by atoms with van der Waals surface area (Å²) < 4.78 is 22.4. The van der Waals surface area contributed by atoms with E-state index in [0.717, 1.165) is 77.8 Å². The lowest BCUT2D eigenvalue weighted by molar-refractivity contribution is -0.0390. The highest BCUT2D eigenvalue weighted by Crippen LogP contribution is 2.14. The van der Waals surface area contributed by atoms with Gasteiger partial charge in [0.2, 0.25) is 0 Å². The average molecular weight is 406 g/mol. The fraction of sp³-hybridized carbons (Fsp3) is 0.682. The first kappa shape index (κ1) is 22.0. The lowest BCUT2D eigenvalue weighted by atomic mass is 10.1. The van der Waals surface area contributed by atoms with Crippen molar-refractivity contribution < 1.29 is 18.9 Å². The Morgan fingerprint density at radius 3 is 2.41 bits per heavy atom. The Labute approximate surface area is 174 Å². The molecule has 0 aromatic heterocycles. The van der Waals surface area contributed by atoms with Crippen molar-refractivity contribution in [2.45, 2.75) is 51.0 Å². The zero-order chi connectivity index (χ0) is 20.2. The highest BCUT2D eigenvalue weighted by Gasteiger charge is 2.15. The van der Waals surface area contributed by atoms with Gasteiger partial charge in [-0.2, -0.15) is 0 Å². The summed E-state index contributed by atoms with van der Waals surface area (Å²) in [4.78, 5) is 4.28. The van der Waals surface area contributed by atoms with Crippen molar-refractivity contribution in [3.8, 4) is 0 Å². The number of hydrogen-bond donors (Lipinski definition) is 2. The second-order valence-corrected chi connectivity index (χ2v) is 7.50. The number of nitrogens with one attached hydrogen (secondary N) is 2. The van der Waals surface area contributed by atoms with Crippen LogP contribution in [0.25, 0.3) is 0 Å². The Hall–Kier alpha value is -1.67. The molecule has 0 radical (unpaired) electrons. The monoisotopic (exact) mass is 405 g/mol. The van der Waals surface area contributed by atoms with Gasteiger partial charge in [-0.25, -0.2) is 0 Å². The molecule has 2 heterocycles. The second kappa shape index (κ2) is 12.8. The van der Waals surface area contributed by atoms with Crippen molar-refractivity contribution in [2.24, 2.45) is 4.99 Å². The fourth-order valence-electron chi connectivity index (χ4n) is 3.39. The molecule has 1 unspecified atom stereocenters. The Bertz CT molecular complexity index is 597. The maximum atomic E-state index is 5.98. The summed E-state index contributed by atoms with van der Waals surface area (Å²) in [7, 11) is 1.79. The number of rotatable bonds is 10. The molecule has 2 aliphatic heterocycles. The van der Waals surface area contributed by atoms with Crippen LogP contribution in [-0.2, 0) is 32.1 Å². The first-order valence-corrected chi connectivity index (χ1v) is 10.7. The molecule has 29 heavy (non-hydrogen) atoms. The molecule has 1 atom stereocenters. The Balaban J connectivity index is 1.28. The third kappa shape index (κ3) is 8.30. The lowest BCUT2D eigenvalue weighted by Gasteiger charge is -2.22. The van der Waals surface area contributed by atoms with Gasteiger partial charge in [0.1, 0.15) is 0 Å². The third-order valence-corrected chi connectivity index (χ3v) is 5.22. The van der Waals surface area contributed by atoms with E-state index in [0.29, 0.717) is 12.7 Å². The minimum Gasteiger partial charge on any atom is -0.381 e. The van der Waals surface area contributed by atoms with E-state index in [9.17, 15) is 0 Å². The van der Waals surface area contributed by atoms with Crippen LogP contribution in [0.3, 0.4) is 0 Å². The quantitative estimate of drug-likeness (QED) is 0.353. The van der Waals surface area contributed by atoms with Gasteiger partial charge >= 0.3 is 0 Å². The fourth-order valence-corrected chi connectivity index (χ4v) is 3.39. The van der Waals surface area contributed by atoms with Crippen LogP contribution in [0.4, 0.5) is 0 Å². The number of hydrogen-bond acceptors (Lipinski definition) is 5. The van der Waals surface area contributed by atoms with Gasteiger partial charge in [-0.15, -0.1) is 0 Å². The standard InChI is InChI=1S/C22H35N3O4/c1-23-22(24-10-2-11-28-21-9-14-27-17-21)25-15-18-3-5-19(6-4-18)16-29-20-7-12-26-13-8-20/h3-6,20-21H,2,7-17H2,1H3,(H2,23,24,25). The summed E-state index contributed by atoms with van der Waals surface area (Å²) in [5.74, 6) is 0.807. The van der Waals surface area contributed by atoms with Gasteiger partial charge in [0.05, 0.1) is 25.4 Å². The van der Waals surface area contributed by atoms with Crippen LogP contribution in [-0.4, -0.2) is 64.8 Å². The number of benzene rings is 1. The average Bonchev–Trinajstić information content (AvgIpc) is 3.29. The van der Waals surface area contributed by atoms with Crippen molar-refractivity contribution in [3.05, 3.63) is 35.4 Å². The largest absolute Gasteiger partial charge is 0.381 e. The molecule has 1 aromatic rings. The van der Waals surface area contributed by atoms with Crippen LogP contribution in [0.15, 0.2) is 29.3 Å². The normalized spacial score (nSPS) is 20.7. The Morgan fingerprint density at radius 2 is 1.69 bits per heavy atom. The molecule has 0 bridgehead atoms. The highest BCUT2D eigenvalue weighted by molar-refractivity contribution is 5.79. The summed E-state index contributed by atoms with van der Waals surface area (Å²) in [6.45, 7) is 6.15. The molecule has 1 aromatic carbocycles. The molecule has 0 aliphatic carbocycles. The summed E-state index contributed by atoms with van der Waals surface area (Å²) in [6, 6.07) is 8.55.